The standard InChI is InChI=1S/C26H29ClN6O4/c1-14-5-4-6-17(7-14)22(13-35)31-24(36)16(3)33-11-18-9-28-21(8-19(18)25(33)37)23-20(27)10-29-26(32-23)30-15(2)12-34/h4-10,15-16,22,34-35H,11-13H2,1-3H3,(H,31,36)(H,29,30,32)/t15-,16+,22+/m0/s1. The predicted molar refractivity (Wildman–Crippen MR) is 139 cm³/mol. The zero-order valence-corrected chi connectivity index (χ0v) is 21.5. The van der Waals surface area contributed by atoms with E-state index in [0.29, 0.717) is 22.5 Å². The molecule has 4 rings (SSSR count). The molecule has 0 fully saturated rings. The van der Waals surface area contributed by atoms with Crippen molar-refractivity contribution >= 4 is 29.4 Å². The normalized spacial score (nSPS) is 15.2. The van der Waals surface area contributed by atoms with Crippen molar-refractivity contribution in [1.29, 1.82) is 0 Å². The van der Waals surface area contributed by atoms with E-state index < -0.39 is 12.1 Å². The van der Waals surface area contributed by atoms with Gasteiger partial charge in [-0.05, 0) is 32.4 Å². The molecule has 37 heavy (non-hydrogen) atoms. The number of nitrogens with one attached hydrogen (secondary N) is 2. The zero-order valence-electron chi connectivity index (χ0n) is 20.8. The van der Waals surface area contributed by atoms with Gasteiger partial charge in [0.2, 0.25) is 11.9 Å². The molecular weight excluding hydrogens is 496 g/mol. The summed E-state index contributed by atoms with van der Waals surface area (Å²) in [4.78, 5) is 40.8. The van der Waals surface area contributed by atoms with E-state index in [1.54, 1.807) is 26.1 Å². The van der Waals surface area contributed by atoms with Crippen molar-refractivity contribution in [3.63, 3.8) is 0 Å². The molecule has 1 aromatic carbocycles. The van der Waals surface area contributed by atoms with Crippen LogP contribution < -0.4 is 10.6 Å². The number of halogens is 1. The monoisotopic (exact) mass is 524 g/mol. The van der Waals surface area contributed by atoms with Crippen LogP contribution in [0.5, 0.6) is 0 Å². The van der Waals surface area contributed by atoms with Gasteiger partial charge in [-0.15, -0.1) is 0 Å². The minimum Gasteiger partial charge on any atom is -0.394 e. The van der Waals surface area contributed by atoms with Crippen molar-refractivity contribution in [2.24, 2.45) is 0 Å². The highest BCUT2D eigenvalue weighted by molar-refractivity contribution is 6.32. The smallest absolute Gasteiger partial charge is 0.255 e. The van der Waals surface area contributed by atoms with Gasteiger partial charge in [0.1, 0.15) is 11.7 Å². The molecular formula is C26H29ClN6O4. The Bertz CT molecular complexity index is 1320. The van der Waals surface area contributed by atoms with Crippen molar-refractivity contribution in [2.75, 3.05) is 18.5 Å². The van der Waals surface area contributed by atoms with Gasteiger partial charge >= 0.3 is 0 Å². The Hall–Kier alpha value is -3.60. The Kier molecular flexibility index (Phi) is 8.01. The molecule has 1 aliphatic heterocycles. The summed E-state index contributed by atoms with van der Waals surface area (Å²) < 4.78 is 0. The maximum absolute atomic E-state index is 13.3. The van der Waals surface area contributed by atoms with Crippen LogP contribution in [-0.2, 0) is 11.3 Å². The number of amides is 2. The van der Waals surface area contributed by atoms with E-state index in [9.17, 15) is 19.8 Å². The summed E-state index contributed by atoms with van der Waals surface area (Å²) in [6, 6.07) is 7.53. The van der Waals surface area contributed by atoms with E-state index in [0.717, 1.165) is 11.1 Å². The number of nitrogens with zero attached hydrogens (tertiary/aromatic N) is 4. The molecule has 4 N–H and O–H groups in total. The number of benzene rings is 1. The van der Waals surface area contributed by atoms with Gasteiger partial charge in [-0.2, -0.15) is 0 Å². The van der Waals surface area contributed by atoms with Crippen LogP contribution in [0.2, 0.25) is 5.02 Å². The van der Waals surface area contributed by atoms with E-state index in [2.05, 4.69) is 25.6 Å². The number of rotatable bonds is 9. The molecule has 0 saturated heterocycles. The van der Waals surface area contributed by atoms with Crippen molar-refractivity contribution in [1.82, 2.24) is 25.2 Å². The van der Waals surface area contributed by atoms with Gasteiger partial charge in [0, 0.05) is 29.9 Å². The highest BCUT2D eigenvalue weighted by atomic mass is 35.5. The lowest BCUT2D eigenvalue weighted by Gasteiger charge is -2.26. The van der Waals surface area contributed by atoms with E-state index in [1.807, 2.05) is 31.2 Å². The molecule has 0 bridgehead atoms. The molecule has 2 aromatic heterocycles. The number of fused-ring (bicyclic) bond motifs is 1. The Balaban J connectivity index is 1.52. The third-order valence-electron chi connectivity index (χ3n) is 6.25. The fourth-order valence-electron chi connectivity index (χ4n) is 4.10. The molecule has 1 aliphatic rings. The van der Waals surface area contributed by atoms with Crippen molar-refractivity contribution in [3.05, 3.63) is 70.0 Å². The molecule has 0 radical (unpaired) electrons. The number of hydrogen-bond donors (Lipinski definition) is 4. The van der Waals surface area contributed by atoms with Crippen molar-refractivity contribution in [3.8, 4) is 11.4 Å². The third kappa shape index (κ3) is 5.71. The molecule has 194 valence electrons. The predicted octanol–water partition coefficient (Wildman–Crippen LogP) is 2.49. The molecule has 10 nitrogen and oxygen atoms in total. The lowest BCUT2D eigenvalue weighted by molar-refractivity contribution is -0.126. The van der Waals surface area contributed by atoms with Gasteiger partial charge in [0.25, 0.3) is 5.91 Å². The summed E-state index contributed by atoms with van der Waals surface area (Å²) in [5, 5.41) is 25.2. The van der Waals surface area contributed by atoms with Crippen LogP contribution in [0, 0.1) is 6.92 Å². The fourth-order valence-corrected chi connectivity index (χ4v) is 4.29. The maximum Gasteiger partial charge on any atom is 0.255 e. The molecule has 11 heteroatoms. The maximum atomic E-state index is 13.3. The average Bonchev–Trinajstić information content (AvgIpc) is 3.23. The first-order valence-electron chi connectivity index (χ1n) is 11.9. The van der Waals surface area contributed by atoms with Gasteiger partial charge in [-0.25, -0.2) is 9.97 Å². The van der Waals surface area contributed by atoms with Crippen molar-refractivity contribution < 1.29 is 19.8 Å². The van der Waals surface area contributed by atoms with Gasteiger partial charge < -0.3 is 25.7 Å². The average molecular weight is 525 g/mol. The summed E-state index contributed by atoms with van der Waals surface area (Å²) in [7, 11) is 0. The Morgan fingerprint density at radius 2 is 1.95 bits per heavy atom. The second-order valence-electron chi connectivity index (χ2n) is 9.11. The van der Waals surface area contributed by atoms with E-state index >= 15 is 0 Å². The second-order valence-corrected chi connectivity index (χ2v) is 9.52. The lowest BCUT2D eigenvalue weighted by Crippen LogP contribution is -2.46. The van der Waals surface area contributed by atoms with E-state index in [4.69, 9.17) is 11.6 Å². The number of carbonyl (C=O) groups excluding carboxylic acids is 2. The molecule has 0 aliphatic carbocycles. The quantitative estimate of drug-likeness (QED) is 0.334. The number of aliphatic hydroxyl groups excluding tert-OH is 2. The molecule has 0 saturated carbocycles. The Morgan fingerprint density at radius 3 is 2.65 bits per heavy atom. The summed E-state index contributed by atoms with van der Waals surface area (Å²) in [6.07, 6.45) is 3.01. The Morgan fingerprint density at radius 1 is 1.16 bits per heavy atom. The summed E-state index contributed by atoms with van der Waals surface area (Å²) in [5.74, 6) is -0.411. The molecule has 0 spiro atoms. The summed E-state index contributed by atoms with van der Waals surface area (Å²) >= 11 is 6.32. The first kappa shape index (κ1) is 26.5. The molecule has 3 heterocycles. The van der Waals surface area contributed by atoms with E-state index in [1.165, 1.54) is 11.1 Å². The number of pyridine rings is 1. The minimum absolute atomic E-state index is 0.0987. The van der Waals surface area contributed by atoms with Gasteiger partial charge in [-0.3, -0.25) is 14.6 Å². The van der Waals surface area contributed by atoms with E-state index in [-0.39, 0.29) is 48.6 Å². The van der Waals surface area contributed by atoms with Crippen LogP contribution >= 0.6 is 11.6 Å². The third-order valence-corrected chi connectivity index (χ3v) is 6.52. The number of aliphatic hydroxyl groups is 2. The number of aromatic nitrogens is 3. The Labute approximate surface area is 219 Å². The molecule has 2 amide bonds. The number of aryl methyl sites for hydroxylation is 1. The number of carbonyl (C=O) groups is 2. The van der Waals surface area contributed by atoms with Crippen LogP contribution in [0.25, 0.3) is 11.4 Å². The number of anilines is 1. The minimum atomic E-state index is -0.777. The second kappa shape index (κ2) is 11.2. The van der Waals surface area contributed by atoms with Crippen LogP contribution in [-0.4, -0.2) is 67.2 Å². The largest absolute Gasteiger partial charge is 0.394 e. The van der Waals surface area contributed by atoms with Crippen molar-refractivity contribution in [2.45, 2.75) is 45.4 Å². The van der Waals surface area contributed by atoms with Gasteiger partial charge in [0.05, 0.1) is 36.2 Å². The molecule has 0 unspecified atom stereocenters. The first-order valence-corrected chi connectivity index (χ1v) is 12.3. The zero-order chi connectivity index (χ0) is 26.7. The molecule has 3 atom stereocenters. The number of hydrogen-bond acceptors (Lipinski definition) is 8. The van der Waals surface area contributed by atoms with Gasteiger partial charge in [-0.1, -0.05) is 41.4 Å². The topological polar surface area (TPSA) is 141 Å². The van der Waals surface area contributed by atoms with Crippen LogP contribution in [0.1, 0.15) is 46.9 Å². The van der Waals surface area contributed by atoms with Gasteiger partial charge in [0.15, 0.2) is 0 Å². The fraction of sp³-hybridized carbons (Fsp3) is 0.346. The highest BCUT2D eigenvalue weighted by Crippen LogP contribution is 2.30. The van der Waals surface area contributed by atoms with Crippen LogP contribution in [0.3, 0.4) is 0 Å². The SMILES string of the molecule is Cc1cccc([C@@H](CO)NC(=O)[C@@H](C)N2Cc3cnc(-c4nc(N[C@@H](C)CO)ncc4Cl)cc3C2=O)c1. The summed E-state index contributed by atoms with van der Waals surface area (Å²) in [5.41, 5.74) is 3.63. The van der Waals surface area contributed by atoms with Crippen LogP contribution in [0.4, 0.5) is 5.95 Å². The van der Waals surface area contributed by atoms with Crippen LogP contribution in [0.15, 0.2) is 42.7 Å². The lowest BCUT2D eigenvalue weighted by atomic mass is 10.0. The highest BCUT2D eigenvalue weighted by Gasteiger charge is 2.35. The summed E-state index contributed by atoms with van der Waals surface area (Å²) in [6.45, 7) is 5.23. The first-order chi connectivity index (χ1) is 17.7. The molecule has 3 aromatic rings.